The molecule has 2 aromatic carbocycles. The largest absolute Gasteiger partial charge is 0.477 e. The lowest BCUT2D eigenvalue weighted by molar-refractivity contribution is 0.0701. The second kappa shape index (κ2) is 6.88. The molecule has 0 aliphatic heterocycles. The first kappa shape index (κ1) is 14.4. The Bertz CT molecular complexity index is 1040. The zero-order valence-corrected chi connectivity index (χ0v) is 14.3. The van der Waals surface area contributed by atoms with Gasteiger partial charge in [0.15, 0.2) is 0 Å². The highest BCUT2D eigenvalue weighted by atomic mass is 32.1. The van der Waals surface area contributed by atoms with Crippen molar-refractivity contribution in [3.05, 3.63) is 64.2 Å². The molecule has 0 aliphatic carbocycles. The van der Waals surface area contributed by atoms with Gasteiger partial charge in [0, 0.05) is 8.30 Å². The van der Waals surface area contributed by atoms with Gasteiger partial charge in [0.05, 0.1) is 17.3 Å². The number of aromatic carboxylic acids is 1. The molecule has 124 valence electrons. The minimum Gasteiger partial charge on any atom is -0.477 e. The van der Waals surface area contributed by atoms with Crippen LogP contribution in [-0.2, 0) is 6.40 Å². The number of carbonyl (C=O) groups is 1. The molecule has 1 heterocycles. The molecule has 3 aromatic rings. The van der Waals surface area contributed by atoms with Crippen LogP contribution < -0.4 is 0 Å². The molecule has 0 saturated heterocycles. The number of nitrogens with zero attached hydrogens (tertiary/aromatic N) is 2. The Hall–Kier alpha value is -2.97. The van der Waals surface area contributed by atoms with E-state index in [0.29, 0.717) is 21.8 Å². The summed E-state index contributed by atoms with van der Waals surface area (Å²) in [5.41, 5.74) is 4.00. The number of aromatic nitrogens is 1. The van der Waals surface area contributed by atoms with Crippen molar-refractivity contribution in [3.8, 4) is 27.8 Å². The lowest BCUT2D eigenvalue weighted by Crippen LogP contribution is -1.94. The standard InChI is InChI=1S/C20H16N2O2S/c1-3-13-4-6-14(7-5-13)17-9-8-15(10-16(17)11-21)19-22-12(2)18(25-19)20(23)24/h4-10H,3H2,1-2H3,(H,23,24)/i1D,3D. The van der Waals surface area contributed by atoms with Crippen molar-refractivity contribution in [3.63, 3.8) is 0 Å². The summed E-state index contributed by atoms with van der Waals surface area (Å²) in [4.78, 5) is 15.7. The fourth-order valence-corrected chi connectivity index (χ4v) is 3.44. The minimum absolute atomic E-state index is 0.00303. The summed E-state index contributed by atoms with van der Waals surface area (Å²) in [5, 5.41) is 19.3. The number of nitriles is 1. The molecule has 0 fully saturated rings. The summed E-state index contributed by atoms with van der Waals surface area (Å²) in [6.45, 7) is 1.66. The van der Waals surface area contributed by atoms with Crippen LogP contribution in [0.5, 0.6) is 0 Å². The van der Waals surface area contributed by atoms with E-state index in [-0.39, 0.29) is 11.8 Å². The Balaban J connectivity index is 1.99. The Morgan fingerprint density at radius 2 is 2.04 bits per heavy atom. The highest BCUT2D eigenvalue weighted by molar-refractivity contribution is 7.17. The Morgan fingerprint density at radius 1 is 1.32 bits per heavy atom. The van der Waals surface area contributed by atoms with Crippen molar-refractivity contribution in [2.45, 2.75) is 20.2 Å². The van der Waals surface area contributed by atoms with Gasteiger partial charge < -0.3 is 5.11 Å². The maximum atomic E-state index is 11.2. The van der Waals surface area contributed by atoms with E-state index in [9.17, 15) is 15.2 Å². The van der Waals surface area contributed by atoms with Crippen LogP contribution >= 0.6 is 11.3 Å². The van der Waals surface area contributed by atoms with Crippen molar-refractivity contribution in [1.82, 2.24) is 4.98 Å². The van der Waals surface area contributed by atoms with Crippen molar-refractivity contribution in [2.24, 2.45) is 0 Å². The fourth-order valence-electron chi connectivity index (χ4n) is 2.54. The molecule has 5 heteroatoms. The topological polar surface area (TPSA) is 74.0 Å². The third kappa shape index (κ3) is 3.30. The van der Waals surface area contributed by atoms with Gasteiger partial charge in [-0.3, -0.25) is 0 Å². The predicted octanol–water partition coefficient (Wildman–Crippen LogP) is 4.92. The third-order valence-electron chi connectivity index (χ3n) is 3.84. The molecule has 4 nitrogen and oxygen atoms in total. The average Bonchev–Trinajstić information content (AvgIpc) is 3.09. The highest BCUT2D eigenvalue weighted by Gasteiger charge is 2.16. The Kier molecular flexibility index (Phi) is 3.95. The maximum absolute atomic E-state index is 11.2. The summed E-state index contributed by atoms with van der Waals surface area (Å²) in [6.07, 6.45) is -0.576. The molecule has 3 rings (SSSR count). The zero-order chi connectivity index (χ0) is 19.6. The van der Waals surface area contributed by atoms with Gasteiger partial charge in [-0.25, -0.2) is 9.78 Å². The molecule has 1 atom stereocenters. The van der Waals surface area contributed by atoms with Crippen molar-refractivity contribution in [1.29, 1.82) is 5.26 Å². The third-order valence-corrected chi connectivity index (χ3v) is 5.03. The van der Waals surface area contributed by atoms with E-state index in [2.05, 4.69) is 11.1 Å². The van der Waals surface area contributed by atoms with E-state index >= 15 is 0 Å². The maximum Gasteiger partial charge on any atom is 0.347 e. The van der Waals surface area contributed by atoms with Crippen LogP contribution in [0.15, 0.2) is 42.5 Å². The molecule has 1 aromatic heterocycles. The highest BCUT2D eigenvalue weighted by Crippen LogP contribution is 2.32. The van der Waals surface area contributed by atoms with Crippen LogP contribution in [0.3, 0.4) is 0 Å². The van der Waals surface area contributed by atoms with Gasteiger partial charge in [-0.15, -0.1) is 11.3 Å². The minimum atomic E-state index is -1.01. The van der Waals surface area contributed by atoms with Crippen molar-refractivity contribution in [2.75, 3.05) is 0 Å². The number of thiazole rings is 1. The molecule has 0 saturated carbocycles. The second-order valence-electron chi connectivity index (χ2n) is 5.44. The number of carboxylic acid groups (broad SMARTS) is 1. The summed E-state index contributed by atoms with van der Waals surface area (Å²) >= 11 is 1.09. The molecule has 0 amide bonds. The Morgan fingerprint density at radius 3 is 2.64 bits per heavy atom. The lowest BCUT2D eigenvalue weighted by Gasteiger charge is -2.07. The number of rotatable bonds is 4. The number of aryl methyl sites for hydroxylation is 2. The van der Waals surface area contributed by atoms with Crippen molar-refractivity contribution >= 4 is 17.3 Å². The molecule has 25 heavy (non-hydrogen) atoms. The normalized spacial score (nSPS) is 12.8. The van der Waals surface area contributed by atoms with Gasteiger partial charge in [0.1, 0.15) is 9.88 Å². The van der Waals surface area contributed by atoms with E-state index in [0.717, 1.165) is 28.0 Å². The second-order valence-corrected chi connectivity index (χ2v) is 6.44. The van der Waals surface area contributed by atoms with E-state index < -0.39 is 12.4 Å². The van der Waals surface area contributed by atoms with Crippen LogP contribution in [-0.4, -0.2) is 16.1 Å². The van der Waals surface area contributed by atoms with E-state index in [1.807, 2.05) is 24.3 Å². The zero-order valence-electron chi connectivity index (χ0n) is 15.5. The molecule has 1 unspecified atom stereocenters. The van der Waals surface area contributed by atoms with Crippen LogP contribution in [0, 0.1) is 18.3 Å². The van der Waals surface area contributed by atoms with Crippen LogP contribution in [0.1, 0.15) is 36.1 Å². The van der Waals surface area contributed by atoms with Crippen molar-refractivity contribution < 1.29 is 12.6 Å². The van der Waals surface area contributed by atoms with Gasteiger partial charge in [0.2, 0.25) is 0 Å². The van der Waals surface area contributed by atoms with Crippen LogP contribution in [0.4, 0.5) is 0 Å². The van der Waals surface area contributed by atoms with E-state index in [1.54, 1.807) is 25.1 Å². The SMILES string of the molecule is [2H]CC([2H])c1ccc(-c2ccc(-c3nc(C)c(C(=O)O)s3)cc2C#N)cc1. The molecular formula is C20H16N2O2S. The molecule has 0 spiro atoms. The summed E-state index contributed by atoms with van der Waals surface area (Å²) in [7, 11) is 0. The van der Waals surface area contributed by atoms with Gasteiger partial charge in [0.25, 0.3) is 0 Å². The first-order valence-corrected chi connectivity index (χ1v) is 8.33. The van der Waals surface area contributed by atoms with E-state index in [4.69, 9.17) is 2.74 Å². The molecular weight excluding hydrogens is 332 g/mol. The molecule has 0 radical (unpaired) electrons. The Labute approximate surface area is 152 Å². The smallest absolute Gasteiger partial charge is 0.347 e. The predicted molar refractivity (Wildman–Crippen MR) is 98.8 cm³/mol. The number of hydrogen-bond acceptors (Lipinski definition) is 4. The van der Waals surface area contributed by atoms with Gasteiger partial charge in [-0.05, 0) is 36.1 Å². The van der Waals surface area contributed by atoms with Crippen LogP contribution in [0.25, 0.3) is 21.7 Å². The first-order valence-electron chi connectivity index (χ1n) is 8.80. The molecule has 1 N–H and O–H groups in total. The average molecular weight is 350 g/mol. The van der Waals surface area contributed by atoms with Gasteiger partial charge in [-0.2, -0.15) is 5.26 Å². The first-order chi connectivity index (χ1) is 12.9. The summed E-state index contributed by atoms with van der Waals surface area (Å²) < 4.78 is 15.1. The van der Waals surface area contributed by atoms with Gasteiger partial charge >= 0.3 is 5.97 Å². The van der Waals surface area contributed by atoms with Gasteiger partial charge in [-0.1, -0.05) is 43.3 Å². The molecule has 0 aliphatic rings. The van der Waals surface area contributed by atoms with E-state index in [1.165, 1.54) is 0 Å². The van der Waals surface area contributed by atoms with Crippen LogP contribution in [0.2, 0.25) is 0 Å². The fraction of sp³-hybridized carbons (Fsp3) is 0.150. The summed E-state index contributed by atoms with van der Waals surface area (Å²) in [5.74, 6) is -1.01. The number of hydrogen-bond donors (Lipinski definition) is 1. The summed E-state index contributed by atoms with van der Waals surface area (Å²) in [6, 6.07) is 14.9. The monoisotopic (exact) mass is 350 g/mol. The molecule has 0 bridgehead atoms. The number of benzene rings is 2. The lowest BCUT2D eigenvalue weighted by atomic mass is 9.97. The quantitative estimate of drug-likeness (QED) is 0.725. The number of carboxylic acids is 1.